The number of H-pyrrole nitrogens is 1. The van der Waals surface area contributed by atoms with E-state index in [1.165, 1.54) is 10.9 Å². The zero-order valence-electron chi connectivity index (χ0n) is 20.2. The van der Waals surface area contributed by atoms with Crippen LogP contribution in [0.2, 0.25) is 0 Å². The van der Waals surface area contributed by atoms with E-state index < -0.39 is 0 Å². The summed E-state index contributed by atoms with van der Waals surface area (Å²) in [4.78, 5) is 25.2. The topological polar surface area (TPSA) is 73.5 Å². The summed E-state index contributed by atoms with van der Waals surface area (Å²) >= 11 is 0. The number of para-hydroxylation sites is 1. The summed E-state index contributed by atoms with van der Waals surface area (Å²) in [6.07, 6.45) is 3.72. The first kappa shape index (κ1) is 22.9. The zero-order chi connectivity index (χ0) is 24.2. The maximum absolute atomic E-state index is 13.0. The van der Waals surface area contributed by atoms with Gasteiger partial charge in [-0.3, -0.25) is 4.79 Å². The third-order valence-electron chi connectivity index (χ3n) is 6.62. The Hall–Kier alpha value is -3.84. The normalized spacial score (nSPS) is 14.6. The third kappa shape index (κ3) is 5.00. The molecule has 7 heteroatoms. The molecule has 1 fully saturated rings. The largest absolute Gasteiger partial charge is 0.378 e. The molecule has 180 valence electrons. The van der Waals surface area contributed by atoms with Crippen molar-refractivity contribution in [2.24, 2.45) is 0 Å². The Morgan fingerprint density at radius 1 is 1.09 bits per heavy atom. The number of hydrogen-bond donors (Lipinski definition) is 2. The van der Waals surface area contributed by atoms with Crippen molar-refractivity contribution in [3.8, 4) is 0 Å². The highest BCUT2D eigenvalue weighted by Gasteiger charge is 2.20. The minimum Gasteiger partial charge on any atom is -0.378 e. The smallest absolute Gasteiger partial charge is 0.252 e. The van der Waals surface area contributed by atoms with Crippen molar-refractivity contribution >= 4 is 28.3 Å². The van der Waals surface area contributed by atoms with Crippen LogP contribution in [0.15, 0.2) is 73.1 Å². The molecule has 5 rings (SSSR count). The molecule has 35 heavy (non-hydrogen) atoms. The van der Waals surface area contributed by atoms with Crippen molar-refractivity contribution in [1.82, 2.24) is 15.3 Å². The second-order valence-electron chi connectivity index (χ2n) is 9.04. The molecule has 2 N–H and O–H groups in total. The van der Waals surface area contributed by atoms with Gasteiger partial charge in [0.25, 0.3) is 5.91 Å². The first-order valence-electron chi connectivity index (χ1n) is 12.0. The number of rotatable bonds is 7. The van der Waals surface area contributed by atoms with Gasteiger partial charge in [0, 0.05) is 68.6 Å². The van der Waals surface area contributed by atoms with Crippen molar-refractivity contribution in [2.45, 2.75) is 5.92 Å². The van der Waals surface area contributed by atoms with Gasteiger partial charge in [0.1, 0.15) is 5.82 Å². The minimum absolute atomic E-state index is 0.00638. The Morgan fingerprint density at radius 3 is 2.57 bits per heavy atom. The number of pyridine rings is 1. The first-order chi connectivity index (χ1) is 17.1. The number of aromatic amines is 1. The number of aromatic nitrogens is 2. The van der Waals surface area contributed by atoms with Crippen LogP contribution in [0, 0.1) is 0 Å². The van der Waals surface area contributed by atoms with Gasteiger partial charge in [-0.2, -0.15) is 0 Å². The van der Waals surface area contributed by atoms with Crippen molar-refractivity contribution in [3.63, 3.8) is 0 Å². The van der Waals surface area contributed by atoms with Gasteiger partial charge in [-0.15, -0.1) is 0 Å². The van der Waals surface area contributed by atoms with E-state index in [0.29, 0.717) is 25.3 Å². The Kier molecular flexibility index (Phi) is 6.68. The van der Waals surface area contributed by atoms with E-state index >= 15 is 0 Å². The number of fused-ring (bicyclic) bond motifs is 1. The highest BCUT2D eigenvalue weighted by atomic mass is 16.5. The van der Waals surface area contributed by atoms with E-state index in [0.717, 1.165) is 35.7 Å². The lowest BCUT2D eigenvalue weighted by Gasteiger charge is -2.27. The van der Waals surface area contributed by atoms with Crippen LogP contribution in [-0.4, -0.2) is 62.8 Å². The number of carbonyl (C=O) groups excluding carboxylic acids is 1. The number of ether oxygens (including phenoxy) is 1. The van der Waals surface area contributed by atoms with Crippen LogP contribution in [0.5, 0.6) is 0 Å². The fraction of sp³-hybridized carbons (Fsp3) is 0.286. The van der Waals surface area contributed by atoms with Crippen molar-refractivity contribution < 1.29 is 9.53 Å². The number of carbonyl (C=O) groups is 1. The zero-order valence-corrected chi connectivity index (χ0v) is 20.2. The molecule has 7 nitrogen and oxygen atoms in total. The number of nitrogens with one attached hydrogen (secondary N) is 2. The van der Waals surface area contributed by atoms with E-state index in [4.69, 9.17) is 4.74 Å². The monoisotopic (exact) mass is 469 g/mol. The molecule has 1 atom stereocenters. The maximum Gasteiger partial charge on any atom is 0.252 e. The van der Waals surface area contributed by atoms with Crippen molar-refractivity contribution in [1.29, 1.82) is 0 Å². The number of hydrogen-bond acceptors (Lipinski definition) is 5. The quantitative estimate of drug-likeness (QED) is 0.428. The summed E-state index contributed by atoms with van der Waals surface area (Å²) in [5.74, 6) is 0.759. The van der Waals surface area contributed by atoms with E-state index in [-0.39, 0.29) is 11.8 Å². The molecule has 3 heterocycles. The molecule has 4 aromatic rings. The predicted octanol–water partition coefficient (Wildman–Crippen LogP) is 4.03. The Labute approximate surface area is 205 Å². The molecule has 0 spiro atoms. The number of benzene rings is 2. The molecule has 0 radical (unpaired) electrons. The van der Waals surface area contributed by atoms with Crippen LogP contribution in [0.3, 0.4) is 0 Å². The van der Waals surface area contributed by atoms with Gasteiger partial charge < -0.3 is 24.8 Å². The highest BCUT2D eigenvalue weighted by molar-refractivity contribution is 5.94. The molecule has 2 aromatic heterocycles. The third-order valence-corrected chi connectivity index (χ3v) is 6.62. The molecule has 0 bridgehead atoms. The number of nitrogens with zero attached hydrogens (tertiary/aromatic N) is 3. The molecule has 1 aliphatic heterocycles. The molecule has 0 aliphatic carbocycles. The predicted molar refractivity (Wildman–Crippen MR) is 141 cm³/mol. The van der Waals surface area contributed by atoms with E-state index in [1.54, 1.807) is 6.20 Å². The lowest BCUT2D eigenvalue weighted by molar-refractivity contribution is 0.0952. The molecular formula is C28H31N5O2. The molecule has 1 unspecified atom stereocenters. The second kappa shape index (κ2) is 10.2. The summed E-state index contributed by atoms with van der Waals surface area (Å²) in [6, 6.07) is 20.6. The molecular weight excluding hydrogens is 438 g/mol. The summed E-state index contributed by atoms with van der Waals surface area (Å²) < 4.78 is 5.41. The van der Waals surface area contributed by atoms with Gasteiger partial charge in [0.2, 0.25) is 0 Å². The van der Waals surface area contributed by atoms with Crippen LogP contribution in [-0.2, 0) is 4.74 Å². The van der Waals surface area contributed by atoms with Gasteiger partial charge in [-0.1, -0.05) is 30.3 Å². The van der Waals surface area contributed by atoms with E-state index in [1.807, 2.05) is 38.4 Å². The summed E-state index contributed by atoms with van der Waals surface area (Å²) in [6.45, 7) is 3.52. The van der Waals surface area contributed by atoms with Gasteiger partial charge in [-0.05, 0) is 41.5 Å². The van der Waals surface area contributed by atoms with Crippen LogP contribution < -0.4 is 15.1 Å². The Morgan fingerprint density at radius 2 is 1.86 bits per heavy atom. The SMILES string of the molecule is CN(C)c1ccc(C(CNC(=O)c2ccc(N3CCOCC3)nc2)c2c[nH]c3ccccc23)cc1. The van der Waals surface area contributed by atoms with Gasteiger partial charge in [-0.25, -0.2) is 4.98 Å². The molecule has 1 saturated heterocycles. The lowest BCUT2D eigenvalue weighted by Crippen LogP contribution is -2.36. The Bertz CT molecular complexity index is 1270. The fourth-order valence-electron chi connectivity index (χ4n) is 4.59. The summed E-state index contributed by atoms with van der Waals surface area (Å²) in [5, 5.41) is 4.32. The van der Waals surface area contributed by atoms with Crippen molar-refractivity contribution in [3.05, 3.63) is 89.7 Å². The number of anilines is 2. The standard InChI is InChI=1S/C28H31N5O2/c1-32(2)22-10-7-20(8-11-22)24(25-19-29-26-6-4-3-5-23(25)26)18-31-28(34)21-9-12-27(30-17-21)33-13-15-35-16-14-33/h3-12,17,19,24,29H,13-16,18H2,1-2H3,(H,31,34). The highest BCUT2D eigenvalue weighted by Crippen LogP contribution is 2.31. The average Bonchev–Trinajstić information content (AvgIpc) is 3.33. The maximum atomic E-state index is 13.0. The molecule has 0 saturated carbocycles. The second-order valence-corrected chi connectivity index (χ2v) is 9.04. The van der Waals surface area contributed by atoms with E-state index in [9.17, 15) is 4.79 Å². The van der Waals surface area contributed by atoms with Crippen LogP contribution in [0.1, 0.15) is 27.4 Å². The Balaban J connectivity index is 1.36. The number of morpholine rings is 1. The molecule has 2 aromatic carbocycles. The van der Waals surface area contributed by atoms with Crippen LogP contribution >= 0.6 is 0 Å². The minimum atomic E-state index is -0.124. The van der Waals surface area contributed by atoms with Crippen LogP contribution in [0.4, 0.5) is 11.5 Å². The van der Waals surface area contributed by atoms with Crippen molar-refractivity contribution in [2.75, 3.05) is 56.7 Å². The van der Waals surface area contributed by atoms with Crippen LogP contribution in [0.25, 0.3) is 10.9 Å². The summed E-state index contributed by atoms with van der Waals surface area (Å²) in [7, 11) is 4.06. The molecule has 1 aliphatic rings. The molecule has 1 amide bonds. The number of amides is 1. The average molecular weight is 470 g/mol. The van der Waals surface area contributed by atoms with Gasteiger partial charge >= 0.3 is 0 Å². The lowest BCUT2D eigenvalue weighted by atomic mass is 9.90. The van der Waals surface area contributed by atoms with E-state index in [2.05, 4.69) is 67.7 Å². The fourth-order valence-corrected chi connectivity index (χ4v) is 4.59. The van der Waals surface area contributed by atoms with Gasteiger partial charge in [0.05, 0.1) is 18.8 Å². The summed E-state index contributed by atoms with van der Waals surface area (Å²) in [5.41, 5.74) is 5.11. The first-order valence-corrected chi connectivity index (χ1v) is 12.0. The van der Waals surface area contributed by atoms with Gasteiger partial charge in [0.15, 0.2) is 0 Å².